The zero-order valence-electron chi connectivity index (χ0n) is 14.4. The molecule has 1 amide bonds. The van der Waals surface area contributed by atoms with E-state index in [1.807, 2.05) is 27.7 Å². The summed E-state index contributed by atoms with van der Waals surface area (Å²) in [6.07, 6.45) is -0.299. The Labute approximate surface area is 156 Å². The van der Waals surface area contributed by atoms with Crippen LogP contribution in [0.15, 0.2) is 16.6 Å². The van der Waals surface area contributed by atoms with Gasteiger partial charge in [0.25, 0.3) is 0 Å². The molecule has 0 aromatic heterocycles. The van der Waals surface area contributed by atoms with Crippen LogP contribution in [0.2, 0.25) is 5.02 Å². The average molecular weight is 422 g/mol. The van der Waals surface area contributed by atoms with E-state index in [0.717, 1.165) is 0 Å². The van der Waals surface area contributed by atoms with Gasteiger partial charge in [-0.2, -0.15) is 0 Å². The van der Waals surface area contributed by atoms with Gasteiger partial charge in [-0.1, -0.05) is 11.6 Å². The van der Waals surface area contributed by atoms with Crippen LogP contribution in [0.25, 0.3) is 0 Å². The quantitative estimate of drug-likeness (QED) is 0.650. The third-order valence-electron chi connectivity index (χ3n) is 3.82. The Balaban J connectivity index is 1.98. The number of benzene rings is 1. The molecule has 24 heavy (non-hydrogen) atoms. The van der Waals surface area contributed by atoms with Crippen LogP contribution in [0.5, 0.6) is 0 Å². The topological polar surface area (TPSA) is 32.8 Å². The van der Waals surface area contributed by atoms with Crippen molar-refractivity contribution in [3.05, 3.63) is 33.0 Å². The molecule has 0 spiro atoms. The summed E-state index contributed by atoms with van der Waals surface area (Å²) < 4.78 is 20.1. The van der Waals surface area contributed by atoms with Crippen molar-refractivity contribution >= 4 is 33.6 Å². The summed E-state index contributed by atoms with van der Waals surface area (Å²) in [7, 11) is 0. The van der Waals surface area contributed by atoms with Crippen molar-refractivity contribution in [2.75, 3.05) is 19.6 Å². The number of hydrogen-bond donors (Lipinski definition) is 0. The van der Waals surface area contributed by atoms with Gasteiger partial charge in [-0.25, -0.2) is 9.18 Å². The molecule has 1 saturated heterocycles. The zero-order chi connectivity index (χ0) is 18.1. The van der Waals surface area contributed by atoms with Crippen LogP contribution < -0.4 is 0 Å². The molecule has 0 saturated carbocycles. The van der Waals surface area contributed by atoms with Gasteiger partial charge >= 0.3 is 6.09 Å². The standard InChI is InChI=1S/C17H23BrClFN2O2/c1-11-9-21(5-6-22(11)16(23)24-17(2,3)4)10-12-7-14(19)13(18)8-15(12)20/h7-8,11H,5-6,9-10H2,1-4H3/t11-/m0/s1. The molecule has 1 aliphatic rings. The van der Waals surface area contributed by atoms with Gasteiger partial charge in [0.1, 0.15) is 11.4 Å². The van der Waals surface area contributed by atoms with Crippen LogP contribution in [-0.2, 0) is 11.3 Å². The smallest absolute Gasteiger partial charge is 0.410 e. The summed E-state index contributed by atoms with van der Waals surface area (Å²) >= 11 is 9.28. The fraction of sp³-hybridized carbons (Fsp3) is 0.588. The average Bonchev–Trinajstić information content (AvgIpc) is 2.42. The highest BCUT2D eigenvalue weighted by atomic mass is 79.9. The number of carbonyl (C=O) groups is 1. The molecule has 0 bridgehead atoms. The maximum Gasteiger partial charge on any atom is 0.410 e. The third-order valence-corrected chi connectivity index (χ3v) is 5.02. The molecule has 1 atom stereocenters. The van der Waals surface area contributed by atoms with Crippen molar-refractivity contribution in [1.82, 2.24) is 9.80 Å². The molecule has 1 aromatic rings. The molecule has 1 fully saturated rings. The third kappa shape index (κ3) is 5.07. The van der Waals surface area contributed by atoms with Gasteiger partial charge in [0.05, 0.1) is 5.02 Å². The minimum atomic E-state index is -0.509. The second-order valence-electron chi connectivity index (χ2n) is 7.12. The highest BCUT2D eigenvalue weighted by Gasteiger charge is 2.31. The largest absolute Gasteiger partial charge is 0.444 e. The van der Waals surface area contributed by atoms with Crippen molar-refractivity contribution in [1.29, 1.82) is 0 Å². The number of hydrogen-bond acceptors (Lipinski definition) is 3. The second kappa shape index (κ2) is 7.58. The lowest BCUT2D eigenvalue weighted by Gasteiger charge is -2.40. The molecule has 134 valence electrons. The fourth-order valence-electron chi connectivity index (χ4n) is 2.69. The molecule has 2 rings (SSSR count). The van der Waals surface area contributed by atoms with Gasteiger partial charge in [-0.3, -0.25) is 4.90 Å². The Bertz CT molecular complexity index is 621. The summed E-state index contributed by atoms with van der Waals surface area (Å²) in [5.74, 6) is -0.284. The molecule has 1 heterocycles. The molecule has 4 nitrogen and oxygen atoms in total. The van der Waals surface area contributed by atoms with Crippen LogP contribution in [0, 0.1) is 5.82 Å². The van der Waals surface area contributed by atoms with Gasteiger partial charge < -0.3 is 9.64 Å². The first kappa shape index (κ1) is 19.5. The lowest BCUT2D eigenvalue weighted by molar-refractivity contribution is 0.000441. The van der Waals surface area contributed by atoms with Crippen molar-refractivity contribution in [3.8, 4) is 0 Å². The van der Waals surface area contributed by atoms with E-state index in [1.165, 1.54) is 6.07 Å². The maximum absolute atomic E-state index is 14.1. The molecule has 0 N–H and O–H groups in total. The highest BCUT2D eigenvalue weighted by molar-refractivity contribution is 9.10. The monoisotopic (exact) mass is 420 g/mol. The lowest BCUT2D eigenvalue weighted by atomic mass is 10.1. The summed E-state index contributed by atoms with van der Waals surface area (Å²) in [4.78, 5) is 16.1. The van der Waals surface area contributed by atoms with E-state index in [4.69, 9.17) is 16.3 Å². The number of ether oxygens (including phenoxy) is 1. The Morgan fingerprint density at radius 2 is 2.08 bits per heavy atom. The zero-order valence-corrected chi connectivity index (χ0v) is 16.7. The summed E-state index contributed by atoms with van der Waals surface area (Å²) in [5.41, 5.74) is 0.0479. The highest BCUT2D eigenvalue weighted by Crippen LogP contribution is 2.27. The predicted octanol–water partition coefficient (Wildman–Crippen LogP) is 4.68. The summed E-state index contributed by atoms with van der Waals surface area (Å²) in [5, 5.41) is 0.492. The molecule has 0 radical (unpaired) electrons. The van der Waals surface area contributed by atoms with E-state index in [1.54, 1.807) is 11.0 Å². The number of amides is 1. The first-order valence-electron chi connectivity index (χ1n) is 7.92. The van der Waals surface area contributed by atoms with E-state index >= 15 is 0 Å². The molecular weight excluding hydrogens is 399 g/mol. The number of nitrogens with zero attached hydrogens (tertiary/aromatic N) is 2. The van der Waals surface area contributed by atoms with Crippen LogP contribution in [0.3, 0.4) is 0 Å². The minimum Gasteiger partial charge on any atom is -0.444 e. The van der Waals surface area contributed by atoms with Crippen LogP contribution in [0.4, 0.5) is 9.18 Å². The van der Waals surface area contributed by atoms with E-state index < -0.39 is 5.60 Å². The van der Waals surface area contributed by atoms with E-state index in [-0.39, 0.29) is 18.0 Å². The first-order chi connectivity index (χ1) is 11.1. The van der Waals surface area contributed by atoms with Gasteiger partial charge in [-0.15, -0.1) is 0 Å². The van der Waals surface area contributed by atoms with Crippen molar-refractivity contribution in [2.45, 2.75) is 45.9 Å². The molecule has 7 heteroatoms. The maximum atomic E-state index is 14.1. The molecule has 0 unspecified atom stereocenters. The Kier molecular flexibility index (Phi) is 6.15. The van der Waals surface area contributed by atoms with Gasteiger partial charge in [0.15, 0.2) is 0 Å². The van der Waals surface area contributed by atoms with Gasteiger partial charge in [-0.05, 0) is 55.8 Å². The molecule has 0 aliphatic carbocycles. The van der Waals surface area contributed by atoms with Gasteiger partial charge in [0, 0.05) is 42.3 Å². The van der Waals surface area contributed by atoms with Crippen molar-refractivity contribution in [3.63, 3.8) is 0 Å². The Morgan fingerprint density at radius 1 is 1.42 bits per heavy atom. The van der Waals surface area contributed by atoms with Crippen LogP contribution in [0.1, 0.15) is 33.3 Å². The number of halogens is 3. The number of piperazine rings is 1. The van der Waals surface area contributed by atoms with Crippen LogP contribution >= 0.6 is 27.5 Å². The van der Waals surface area contributed by atoms with E-state index in [2.05, 4.69) is 20.8 Å². The fourth-order valence-corrected chi connectivity index (χ4v) is 3.20. The Morgan fingerprint density at radius 3 is 2.67 bits per heavy atom. The predicted molar refractivity (Wildman–Crippen MR) is 96.8 cm³/mol. The number of carbonyl (C=O) groups excluding carboxylic acids is 1. The second-order valence-corrected chi connectivity index (χ2v) is 8.38. The minimum absolute atomic E-state index is 0.00239. The normalized spacial score (nSPS) is 19.5. The summed E-state index contributed by atoms with van der Waals surface area (Å²) in [6.45, 7) is 9.88. The van der Waals surface area contributed by atoms with E-state index in [9.17, 15) is 9.18 Å². The van der Waals surface area contributed by atoms with Crippen LogP contribution in [-0.4, -0.2) is 47.2 Å². The van der Waals surface area contributed by atoms with E-state index in [0.29, 0.717) is 41.2 Å². The summed E-state index contributed by atoms with van der Waals surface area (Å²) in [6, 6.07) is 3.03. The lowest BCUT2D eigenvalue weighted by Crippen LogP contribution is -2.54. The van der Waals surface area contributed by atoms with Gasteiger partial charge in [0.2, 0.25) is 0 Å². The molecular formula is C17H23BrClFN2O2. The van der Waals surface area contributed by atoms with Crippen molar-refractivity contribution < 1.29 is 13.9 Å². The first-order valence-corrected chi connectivity index (χ1v) is 9.09. The SMILES string of the molecule is C[C@H]1CN(Cc2cc(Cl)c(Br)cc2F)CCN1C(=O)OC(C)(C)C. The number of rotatable bonds is 2. The Hall–Kier alpha value is -0.850. The molecule has 1 aliphatic heterocycles. The molecule has 1 aromatic carbocycles. The van der Waals surface area contributed by atoms with Crippen molar-refractivity contribution in [2.24, 2.45) is 0 Å².